The minimum Gasteiger partial charge on any atom is -0.350 e. The molecule has 0 radical (unpaired) electrons. The zero-order valence-corrected chi connectivity index (χ0v) is 14.9. The van der Waals surface area contributed by atoms with Gasteiger partial charge in [0.05, 0.1) is 10.6 Å². The molecule has 132 valence electrons. The monoisotopic (exact) mass is 351 g/mol. The molecule has 1 fully saturated rings. The quantitative estimate of drug-likeness (QED) is 0.688. The van der Waals surface area contributed by atoms with Gasteiger partial charge in [-0.2, -0.15) is 0 Å². The van der Waals surface area contributed by atoms with Gasteiger partial charge in [-0.25, -0.2) is 4.79 Å². The van der Waals surface area contributed by atoms with Crippen molar-refractivity contribution in [2.75, 3.05) is 13.1 Å². The molecule has 3 N–H and O–H groups in total. The summed E-state index contributed by atoms with van der Waals surface area (Å²) in [5, 5.41) is 8.94. The average Bonchev–Trinajstić information content (AvgIpc) is 2.59. The molecule has 0 aromatic heterocycles. The first-order valence-electron chi connectivity index (χ1n) is 8.65. The van der Waals surface area contributed by atoms with E-state index in [1.807, 2.05) is 0 Å². The maximum absolute atomic E-state index is 12.0. The second-order valence-corrected chi connectivity index (χ2v) is 6.73. The third-order valence-electron chi connectivity index (χ3n) is 4.53. The van der Waals surface area contributed by atoms with Crippen molar-refractivity contribution < 1.29 is 9.59 Å². The van der Waals surface area contributed by atoms with Gasteiger partial charge >= 0.3 is 6.03 Å². The van der Waals surface area contributed by atoms with E-state index < -0.39 is 0 Å². The van der Waals surface area contributed by atoms with E-state index in [4.69, 9.17) is 11.6 Å². The Kier molecular flexibility index (Phi) is 7.37. The molecule has 1 atom stereocenters. The molecule has 1 aliphatic rings. The molecule has 0 aliphatic heterocycles. The van der Waals surface area contributed by atoms with E-state index in [0.29, 0.717) is 29.6 Å². The average molecular weight is 352 g/mol. The van der Waals surface area contributed by atoms with Gasteiger partial charge in [0.15, 0.2) is 0 Å². The first kappa shape index (κ1) is 18.6. The van der Waals surface area contributed by atoms with Gasteiger partial charge in [0, 0.05) is 19.1 Å². The number of hydrogen-bond donors (Lipinski definition) is 3. The molecule has 0 saturated heterocycles. The van der Waals surface area contributed by atoms with E-state index >= 15 is 0 Å². The molecule has 2 rings (SSSR count). The summed E-state index contributed by atoms with van der Waals surface area (Å²) in [7, 11) is 0. The Bertz CT molecular complexity index is 559. The van der Waals surface area contributed by atoms with Crippen molar-refractivity contribution in [3.05, 3.63) is 34.9 Å². The van der Waals surface area contributed by atoms with E-state index in [1.54, 1.807) is 24.3 Å². The molecule has 0 unspecified atom stereocenters. The van der Waals surface area contributed by atoms with Gasteiger partial charge in [-0.3, -0.25) is 4.79 Å². The Hall–Kier alpha value is -1.75. The summed E-state index contributed by atoms with van der Waals surface area (Å²) >= 11 is 5.97. The largest absolute Gasteiger partial charge is 0.350 e. The van der Waals surface area contributed by atoms with Crippen LogP contribution in [0.4, 0.5) is 4.79 Å². The molecule has 0 heterocycles. The topological polar surface area (TPSA) is 70.2 Å². The van der Waals surface area contributed by atoms with Crippen molar-refractivity contribution in [3.8, 4) is 0 Å². The minimum atomic E-state index is -0.238. The van der Waals surface area contributed by atoms with Crippen LogP contribution in [0.25, 0.3) is 0 Å². The van der Waals surface area contributed by atoms with Crippen molar-refractivity contribution in [3.63, 3.8) is 0 Å². The van der Waals surface area contributed by atoms with Crippen LogP contribution in [0.3, 0.4) is 0 Å². The summed E-state index contributed by atoms with van der Waals surface area (Å²) in [5.41, 5.74) is 0.439. The van der Waals surface area contributed by atoms with Crippen LogP contribution in [0, 0.1) is 5.92 Å². The highest BCUT2D eigenvalue weighted by molar-refractivity contribution is 6.33. The Balaban J connectivity index is 1.64. The molecule has 6 heteroatoms. The third kappa shape index (κ3) is 5.71. The molecule has 0 bridgehead atoms. The fourth-order valence-electron chi connectivity index (χ4n) is 3.10. The number of hydrogen-bond acceptors (Lipinski definition) is 2. The Morgan fingerprint density at radius 3 is 2.50 bits per heavy atom. The van der Waals surface area contributed by atoms with Crippen LogP contribution < -0.4 is 16.0 Å². The smallest absolute Gasteiger partial charge is 0.315 e. The van der Waals surface area contributed by atoms with Crippen LogP contribution >= 0.6 is 11.6 Å². The number of amides is 3. The standard InChI is InChI=1S/C18H26ClN3O2/c1-13(14-7-3-2-4-8-14)22-18(24)21-12-11-20-17(23)15-9-5-6-10-16(15)19/h5-6,9-10,13-14H,2-4,7-8,11-12H2,1H3,(H,20,23)(H2,21,22,24)/t13-/m1/s1. The summed E-state index contributed by atoms with van der Waals surface area (Å²) < 4.78 is 0. The number of halogens is 1. The summed E-state index contributed by atoms with van der Waals surface area (Å²) in [6.07, 6.45) is 6.20. The molecule has 3 amide bonds. The van der Waals surface area contributed by atoms with Gasteiger partial charge in [0.2, 0.25) is 0 Å². The molecule has 5 nitrogen and oxygen atoms in total. The number of carbonyl (C=O) groups is 2. The van der Waals surface area contributed by atoms with Gasteiger partial charge in [-0.15, -0.1) is 0 Å². The minimum absolute atomic E-state index is 0.180. The SMILES string of the molecule is C[C@@H](NC(=O)NCCNC(=O)c1ccccc1Cl)C1CCCCC1. The Morgan fingerprint density at radius 1 is 1.12 bits per heavy atom. The zero-order chi connectivity index (χ0) is 17.4. The Labute approximate surface area is 148 Å². The summed E-state index contributed by atoms with van der Waals surface area (Å²) in [4.78, 5) is 23.9. The second-order valence-electron chi connectivity index (χ2n) is 6.32. The van der Waals surface area contributed by atoms with Crippen molar-refractivity contribution in [1.82, 2.24) is 16.0 Å². The fourth-order valence-corrected chi connectivity index (χ4v) is 3.32. The van der Waals surface area contributed by atoms with Crippen LogP contribution in [0.2, 0.25) is 5.02 Å². The van der Waals surface area contributed by atoms with Crippen molar-refractivity contribution >= 4 is 23.5 Å². The predicted molar refractivity (Wildman–Crippen MR) is 96.4 cm³/mol. The van der Waals surface area contributed by atoms with E-state index in [9.17, 15) is 9.59 Å². The molecular weight excluding hydrogens is 326 g/mol. The lowest BCUT2D eigenvalue weighted by Gasteiger charge is -2.28. The molecular formula is C18H26ClN3O2. The van der Waals surface area contributed by atoms with Gasteiger partial charge < -0.3 is 16.0 Å². The van der Waals surface area contributed by atoms with Gasteiger partial charge in [0.1, 0.15) is 0 Å². The highest BCUT2D eigenvalue weighted by Crippen LogP contribution is 2.26. The van der Waals surface area contributed by atoms with Crippen LogP contribution in [0.15, 0.2) is 24.3 Å². The van der Waals surface area contributed by atoms with Crippen molar-refractivity contribution in [1.29, 1.82) is 0 Å². The third-order valence-corrected chi connectivity index (χ3v) is 4.86. The fraction of sp³-hybridized carbons (Fsp3) is 0.556. The lowest BCUT2D eigenvalue weighted by molar-refractivity contribution is 0.0954. The highest BCUT2D eigenvalue weighted by Gasteiger charge is 2.21. The van der Waals surface area contributed by atoms with Crippen LogP contribution in [-0.2, 0) is 0 Å². The molecule has 0 spiro atoms. The summed E-state index contributed by atoms with van der Waals surface area (Å²) in [6.45, 7) is 2.80. The van der Waals surface area contributed by atoms with E-state index in [0.717, 1.165) is 0 Å². The van der Waals surface area contributed by atoms with E-state index in [-0.39, 0.29) is 18.0 Å². The highest BCUT2D eigenvalue weighted by atomic mass is 35.5. The predicted octanol–water partition coefficient (Wildman–Crippen LogP) is 3.34. The Morgan fingerprint density at radius 2 is 1.79 bits per heavy atom. The van der Waals surface area contributed by atoms with Crippen molar-refractivity contribution in [2.45, 2.75) is 45.1 Å². The lowest BCUT2D eigenvalue weighted by Crippen LogP contribution is -2.46. The number of rotatable bonds is 6. The number of benzene rings is 1. The van der Waals surface area contributed by atoms with E-state index in [2.05, 4.69) is 22.9 Å². The lowest BCUT2D eigenvalue weighted by atomic mass is 9.85. The van der Waals surface area contributed by atoms with Gasteiger partial charge in [-0.05, 0) is 37.8 Å². The number of nitrogens with one attached hydrogen (secondary N) is 3. The van der Waals surface area contributed by atoms with E-state index in [1.165, 1.54) is 32.1 Å². The molecule has 1 aromatic rings. The normalized spacial score (nSPS) is 16.2. The van der Waals surface area contributed by atoms with Crippen LogP contribution in [-0.4, -0.2) is 31.1 Å². The molecule has 1 saturated carbocycles. The molecule has 1 aliphatic carbocycles. The first-order valence-corrected chi connectivity index (χ1v) is 9.03. The van der Waals surface area contributed by atoms with Gasteiger partial charge in [0.25, 0.3) is 5.91 Å². The number of carbonyl (C=O) groups excluding carboxylic acids is 2. The van der Waals surface area contributed by atoms with Crippen molar-refractivity contribution in [2.24, 2.45) is 5.92 Å². The van der Waals surface area contributed by atoms with Crippen LogP contribution in [0.1, 0.15) is 49.4 Å². The molecule has 1 aromatic carbocycles. The summed E-state index contributed by atoms with van der Waals surface area (Å²) in [6, 6.07) is 6.89. The number of urea groups is 1. The molecule has 24 heavy (non-hydrogen) atoms. The van der Waals surface area contributed by atoms with Gasteiger partial charge in [-0.1, -0.05) is 43.0 Å². The maximum atomic E-state index is 12.0. The van der Waals surface area contributed by atoms with Crippen LogP contribution in [0.5, 0.6) is 0 Å². The second kappa shape index (κ2) is 9.52. The summed E-state index contributed by atoms with van der Waals surface area (Å²) in [5.74, 6) is 0.336. The first-order chi connectivity index (χ1) is 11.6. The zero-order valence-electron chi connectivity index (χ0n) is 14.1. The maximum Gasteiger partial charge on any atom is 0.315 e.